The van der Waals surface area contributed by atoms with Crippen molar-refractivity contribution < 1.29 is 19.5 Å². The SMILES string of the molecule is CN(C)C(=O)CCNC(=O)NC(C(=O)O)C1CCCCC1. The Labute approximate surface area is 125 Å². The van der Waals surface area contributed by atoms with Crippen LogP contribution in [-0.4, -0.2) is 54.6 Å². The van der Waals surface area contributed by atoms with E-state index >= 15 is 0 Å². The average molecular weight is 299 g/mol. The molecule has 1 unspecified atom stereocenters. The quantitative estimate of drug-likeness (QED) is 0.675. The summed E-state index contributed by atoms with van der Waals surface area (Å²) in [6.07, 6.45) is 5.00. The molecule has 0 aromatic heterocycles. The minimum atomic E-state index is -0.999. The molecular formula is C14H25N3O4. The molecule has 1 aliphatic rings. The van der Waals surface area contributed by atoms with Crippen LogP contribution in [0.15, 0.2) is 0 Å². The maximum Gasteiger partial charge on any atom is 0.326 e. The molecule has 0 saturated heterocycles. The first-order valence-electron chi connectivity index (χ1n) is 7.39. The first-order valence-corrected chi connectivity index (χ1v) is 7.39. The van der Waals surface area contributed by atoms with Gasteiger partial charge in [0.2, 0.25) is 5.91 Å². The van der Waals surface area contributed by atoms with Gasteiger partial charge in [-0.25, -0.2) is 9.59 Å². The summed E-state index contributed by atoms with van der Waals surface area (Å²) in [5, 5.41) is 14.3. The number of carbonyl (C=O) groups excluding carboxylic acids is 2. The molecule has 1 rings (SSSR count). The lowest BCUT2D eigenvalue weighted by Gasteiger charge is -2.28. The number of nitrogens with zero attached hydrogens (tertiary/aromatic N) is 1. The Morgan fingerprint density at radius 3 is 2.33 bits per heavy atom. The number of carboxylic acids is 1. The maximum atomic E-state index is 11.7. The Morgan fingerprint density at radius 2 is 1.81 bits per heavy atom. The number of aliphatic carboxylic acids is 1. The summed E-state index contributed by atoms with van der Waals surface area (Å²) < 4.78 is 0. The average Bonchev–Trinajstić information content (AvgIpc) is 2.45. The molecule has 0 aromatic rings. The van der Waals surface area contributed by atoms with E-state index in [0.29, 0.717) is 0 Å². The monoisotopic (exact) mass is 299 g/mol. The Balaban J connectivity index is 2.38. The Morgan fingerprint density at radius 1 is 1.19 bits per heavy atom. The van der Waals surface area contributed by atoms with Crippen LogP contribution < -0.4 is 10.6 Å². The topological polar surface area (TPSA) is 98.7 Å². The van der Waals surface area contributed by atoms with Crippen molar-refractivity contribution in [1.82, 2.24) is 15.5 Å². The van der Waals surface area contributed by atoms with Crippen LogP contribution in [0.1, 0.15) is 38.5 Å². The third-order valence-electron chi connectivity index (χ3n) is 3.80. The third-order valence-corrected chi connectivity index (χ3v) is 3.80. The molecule has 0 aliphatic heterocycles. The molecule has 3 amide bonds. The van der Waals surface area contributed by atoms with Crippen molar-refractivity contribution in [2.24, 2.45) is 5.92 Å². The standard InChI is InChI=1S/C14H25N3O4/c1-17(2)11(18)8-9-15-14(21)16-12(13(19)20)10-6-4-3-5-7-10/h10,12H,3-9H2,1-2H3,(H,19,20)(H2,15,16,21). The summed E-state index contributed by atoms with van der Waals surface area (Å²) in [5.74, 6) is -1.09. The normalized spacial score (nSPS) is 16.9. The first-order chi connectivity index (χ1) is 9.91. The van der Waals surface area contributed by atoms with E-state index in [9.17, 15) is 19.5 Å². The van der Waals surface area contributed by atoms with Gasteiger partial charge in [-0.05, 0) is 18.8 Å². The van der Waals surface area contributed by atoms with Crippen molar-refractivity contribution in [3.63, 3.8) is 0 Å². The highest BCUT2D eigenvalue weighted by atomic mass is 16.4. The molecule has 3 N–H and O–H groups in total. The molecule has 0 heterocycles. The first kappa shape index (κ1) is 17.3. The van der Waals surface area contributed by atoms with Crippen LogP contribution in [0.3, 0.4) is 0 Å². The van der Waals surface area contributed by atoms with Gasteiger partial charge in [-0.15, -0.1) is 0 Å². The van der Waals surface area contributed by atoms with Gasteiger partial charge in [-0.2, -0.15) is 0 Å². The van der Waals surface area contributed by atoms with Crippen molar-refractivity contribution >= 4 is 17.9 Å². The molecule has 1 saturated carbocycles. The van der Waals surface area contributed by atoms with Crippen molar-refractivity contribution in [2.45, 2.75) is 44.6 Å². The van der Waals surface area contributed by atoms with Gasteiger partial charge in [-0.3, -0.25) is 4.79 Å². The van der Waals surface area contributed by atoms with Crippen LogP contribution >= 0.6 is 0 Å². The molecule has 0 bridgehead atoms. The van der Waals surface area contributed by atoms with Crippen LogP contribution in [0.4, 0.5) is 4.79 Å². The van der Waals surface area contributed by atoms with Gasteiger partial charge in [-0.1, -0.05) is 19.3 Å². The smallest absolute Gasteiger partial charge is 0.326 e. The second-order valence-electron chi connectivity index (χ2n) is 5.65. The molecule has 1 aliphatic carbocycles. The van der Waals surface area contributed by atoms with Crippen LogP contribution in [0, 0.1) is 5.92 Å². The number of nitrogens with one attached hydrogen (secondary N) is 2. The van der Waals surface area contributed by atoms with Gasteiger partial charge < -0.3 is 20.6 Å². The molecule has 0 aromatic carbocycles. The largest absolute Gasteiger partial charge is 0.480 e. The molecule has 1 atom stereocenters. The van der Waals surface area contributed by atoms with Gasteiger partial charge in [0.15, 0.2) is 0 Å². The van der Waals surface area contributed by atoms with E-state index in [1.165, 1.54) is 4.90 Å². The zero-order valence-electron chi connectivity index (χ0n) is 12.7. The number of rotatable bonds is 6. The summed E-state index contributed by atoms with van der Waals surface area (Å²) in [7, 11) is 3.29. The van der Waals surface area contributed by atoms with E-state index < -0.39 is 18.0 Å². The lowest BCUT2D eigenvalue weighted by Crippen LogP contribution is -2.50. The van der Waals surface area contributed by atoms with E-state index in [4.69, 9.17) is 0 Å². The number of urea groups is 1. The molecule has 7 nitrogen and oxygen atoms in total. The Bertz CT molecular complexity index is 378. The van der Waals surface area contributed by atoms with Crippen LogP contribution in [0.5, 0.6) is 0 Å². The number of carbonyl (C=O) groups is 3. The van der Waals surface area contributed by atoms with E-state index in [-0.39, 0.29) is 24.8 Å². The highest BCUT2D eigenvalue weighted by molar-refractivity contribution is 5.83. The van der Waals surface area contributed by atoms with E-state index in [2.05, 4.69) is 10.6 Å². The minimum Gasteiger partial charge on any atom is -0.480 e. The van der Waals surface area contributed by atoms with Crippen LogP contribution in [-0.2, 0) is 9.59 Å². The number of carboxylic acid groups (broad SMARTS) is 1. The third kappa shape index (κ3) is 6.01. The van der Waals surface area contributed by atoms with E-state index in [0.717, 1.165) is 32.1 Å². The molecule has 0 spiro atoms. The fourth-order valence-electron chi connectivity index (χ4n) is 2.55. The van der Waals surface area contributed by atoms with Gasteiger partial charge in [0.05, 0.1) is 0 Å². The molecule has 120 valence electrons. The molecule has 21 heavy (non-hydrogen) atoms. The fraction of sp³-hybridized carbons (Fsp3) is 0.786. The second kappa shape index (κ2) is 8.49. The number of amides is 3. The van der Waals surface area contributed by atoms with Crippen molar-refractivity contribution in [3.8, 4) is 0 Å². The predicted molar refractivity (Wildman–Crippen MR) is 77.8 cm³/mol. The summed E-state index contributed by atoms with van der Waals surface area (Å²) in [6, 6.07) is -1.38. The van der Waals surface area contributed by atoms with Crippen molar-refractivity contribution in [1.29, 1.82) is 0 Å². The predicted octanol–water partition coefficient (Wildman–Crippen LogP) is 0.797. The number of hydrogen-bond donors (Lipinski definition) is 3. The molecule has 1 fully saturated rings. The van der Waals surface area contributed by atoms with Gasteiger partial charge in [0.1, 0.15) is 6.04 Å². The molecule has 0 radical (unpaired) electrons. The number of hydrogen-bond acceptors (Lipinski definition) is 3. The van der Waals surface area contributed by atoms with Crippen molar-refractivity contribution in [3.05, 3.63) is 0 Å². The van der Waals surface area contributed by atoms with Crippen LogP contribution in [0.25, 0.3) is 0 Å². The fourth-order valence-corrected chi connectivity index (χ4v) is 2.55. The van der Waals surface area contributed by atoms with Gasteiger partial charge in [0.25, 0.3) is 0 Å². The van der Waals surface area contributed by atoms with Gasteiger partial charge >= 0.3 is 12.0 Å². The van der Waals surface area contributed by atoms with Gasteiger partial charge in [0, 0.05) is 27.1 Å². The summed E-state index contributed by atoms with van der Waals surface area (Å²) in [5.41, 5.74) is 0. The summed E-state index contributed by atoms with van der Waals surface area (Å²) in [4.78, 5) is 35.9. The Kier molecular flexibility index (Phi) is 6.98. The summed E-state index contributed by atoms with van der Waals surface area (Å²) >= 11 is 0. The lowest BCUT2D eigenvalue weighted by atomic mass is 9.84. The maximum absolute atomic E-state index is 11.7. The highest BCUT2D eigenvalue weighted by Crippen LogP contribution is 2.26. The summed E-state index contributed by atoms with van der Waals surface area (Å²) in [6.45, 7) is 0.194. The van der Waals surface area contributed by atoms with E-state index in [1.807, 2.05) is 0 Å². The lowest BCUT2D eigenvalue weighted by molar-refractivity contribution is -0.141. The molecular weight excluding hydrogens is 274 g/mol. The van der Waals surface area contributed by atoms with Crippen LogP contribution in [0.2, 0.25) is 0 Å². The zero-order valence-corrected chi connectivity index (χ0v) is 12.7. The minimum absolute atomic E-state index is 0.00888. The second-order valence-corrected chi connectivity index (χ2v) is 5.65. The van der Waals surface area contributed by atoms with Crippen molar-refractivity contribution in [2.75, 3.05) is 20.6 Å². The Hall–Kier alpha value is -1.79. The zero-order chi connectivity index (χ0) is 15.8. The highest BCUT2D eigenvalue weighted by Gasteiger charge is 2.30. The molecule has 7 heteroatoms. The van der Waals surface area contributed by atoms with E-state index in [1.54, 1.807) is 14.1 Å².